The molecular weight excluding hydrogens is 348 g/mol. The Hall–Kier alpha value is -2.47. The van der Waals surface area contributed by atoms with Crippen LogP contribution >= 0.6 is 11.8 Å². The number of hydrogen-bond donors (Lipinski definition) is 2. The van der Waals surface area contributed by atoms with E-state index in [2.05, 4.69) is 10.6 Å². The quantitative estimate of drug-likeness (QED) is 0.744. The minimum Gasteiger partial charge on any atom is -0.497 e. The summed E-state index contributed by atoms with van der Waals surface area (Å²) in [5.74, 6) is 0.953. The van der Waals surface area contributed by atoms with E-state index in [4.69, 9.17) is 4.74 Å². The zero-order valence-corrected chi connectivity index (χ0v) is 16.1. The number of nitrogens with one attached hydrogen (secondary N) is 2. The monoisotopic (exact) mass is 372 g/mol. The van der Waals surface area contributed by atoms with Crippen molar-refractivity contribution in [3.8, 4) is 5.75 Å². The molecule has 0 aliphatic heterocycles. The van der Waals surface area contributed by atoms with E-state index >= 15 is 0 Å². The molecule has 2 aromatic carbocycles. The smallest absolute Gasteiger partial charge is 0.251 e. The number of ether oxygens (including phenoxy) is 1. The molecular formula is C20H24N2O3S. The molecule has 2 aromatic rings. The number of amides is 2. The number of aryl methyl sites for hydroxylation is 1. The number of carbonyl (C=O) groups excluding carboxylic acids is 2. The van der Waals surface area contributed by atoms with Gasteiger partial charge in [0, 0.05) is 11.3 Å². The summed E-state index contributed by atoms with van der Waals surface area (Å²) in [4.78, 5) is 25.1. The summed E-state index contributed by atoms with van der Waals surface area (Å²) in [7, 11) is 1.57. The molecule has 0 aromatic heterocycles. The number of methoxy groups -OCH3 is 1. The standard InChI is InChI=1S/C20H24N2O3S/c1-14-4-8-16(9-5-14)21-20(24)18(12-13-26-3)22-19(23)15-6-10-17(25-2)11-7-15/h4-11,18H,12-13H2,1-3H3,(H,21,24)(H,22,23). The molecule has 0 heterocycles. The number of thioether (sulfide) groups is 1. The molecule has 0 bridgehead atoms. The minimum atomic E-state index is -0.599. The number of carbonyl (C=O) groups is 2. The molecule has 6 heteroatoms. The first kappa shape index (κ1) is 19.8. The first-order chi connectivity index (χ1) is 12.5. The van der Waals surface area contributed by atoms with Crippen molar-refractivity contribution < 1.29 is 14.3 Å². The normalized spacial score (nSPS) is 11.5. The van der Waals surface area contributed by atoms with E-state index in [1.54, 1.807) is 43.1 Å². The van der Waals surface area contributed by atoms with Crippen LogP contribution in [0.25, 0.3) is 0 Å². The molecule has 0 radical (unpaired) electrons. The number of benzene rings is 2. The van der Waals surface area contributed by atoms with Gasteiger partial charge in [0.05, 0.1) is 7.11 Å². The van der Waals surface area contributed by atoms with Gasteiger partial charge in [0.15, 0.2) is 0 Å². The van der Waals surface area contributed by atoms with E-state index < -0.39 is 6.04 Å². The maximum absolute atomic E-state index is 12.6. The Balaban J connectivity index is 2.05. The lowest BCUT2D eigenvalue weighted by molar-refractivity contribution is -0.118. The Morgan fingerprint density at radius 3 is 2.31 bits per heavy atom. The van der Waals surface area contributed by atoms with Gasteiger partial charge in [-0.3, -0.25) is 9.59 Å². The van der Waals surface area contributed by atoms with Crippen LogP contribution in [0.5, 0.6) is 5.75 Å². The molecule has 0 spiro atoms. The second kappa shape index (κ2) is 9.87. The molecule has 0 saturated heterocycles. The van der Waals surface area contributed by atoms with Crippen LogP contribution in [0.4, 0.5) is 5.69 Å². The van der Waals surface area contributed by atoms with Gasteiger partial charge in [-0.05, 0) is 61.8 Å². The molecule has 1 unspecified atom stereocenters. The molecule has 2 N–H and O–H groups in total. The van der Waals surface area contributed by atoms with Crippen molar-refractivity contribution in [2.45, 2.75) is 19.4 Å². The van der Waals surface area contributed by atoms with Gasteiger partial charge in [0.1, 0.15) is 11.8 Å². The van der Waals surface area contributed by atoms with Crippen LogP contribution in [0.1, 0.15) is 22.3 Å². The highest BCUT2D eigenvalue weighted by molar-refractivity contribution is 7.98. The largest absolute Gasteiger partial charge is 0.497 e. The third-order valence-electron chi connectivity index (χ3n) is 3.90. The van der Waals surface area contributed by atoms with Gasteiger partial charge < -0.3 is 15.4 Å². The van der Waals surface area contributed by atoms with Crippen LogP contribution in [-0.4, -0.2) is 37.0 Å². The van der Waals surface area contributed by atoms with Gasteiger partial charge in [0.2, 0.25) is 5.91 Å². The predicted octanol–water partition coefficient (Wildman–Crippen LogP) is 3.49. The lowest BCUT2D eigenvalue weighted by Crippen LogP contribution is -2.44. The minimum absolute atomic E-state index is 0.218. The van der Waals surface area contributed by atoms with Crippen LogP contribution in [0, 0.1) is 6.92 Å². The van der Waals surface area contributed by atoms with Crippen LogP contribution < -0.4 is 15.4 Å². The van der Waals surface area contributed by atoms with E-state index in [0.29, 0.717) is 23.4 Å². The highest BCUT2D eigenvalue weighted by atomic mass is 32.2. The van der Waals surface area contributed by atoms with Crippen molar-refractivity contribution in [1.82, 2.24) is 5.32 Å². The molecule has 1 atom stereocenters. The van der Waals surface area contributed by atoms with Crippen LogP contribution in [0.15, 0.2) is 48.5 Å². The zero-order valence-electron chi connectivity index (χ0n) is 15.2. The Bertz CT molecular complexity index is 730. The van der Waals surface area contributed by atoms with Gasteiger partial charge in [-0.2, -0.15) is 11.8 Å². The highest BCUT2D eigenvalue weighted by Crippen LogP contribution is 2.13. The Morgan fingerprint density at radius 2 is 1.73 bits per heavy atom. The lowest BCUT2D eigenvalue weighted by Gasteiger charge is -2.18. The summed E-state index contributed by atoms with van der Waals surface area (Å²) in [6.07, 6.45) is 2.53. The van der Waals surface area contributed by atoms with Gasteiger partial charge in [-0.25, -0.2) is 0 Å². The van der Waals surface area contributed by atoms with E-state index in [1.165, 1.54) is 0 Å². The number of anilines is 1. The van der Waals surface area contributed by atoms with Crippen LogP contribution in [0.2, 0.25) is 0 Å². The number of hydrogen-bond acceptors (Lipinski definition) is 4. The van der Waals surface area contributed by atoms with Gasteiger partial charge in [-0.15, -0.1) is 0 Å². The molecule has 26 heavy (non-hydrogen) atoms. The second-order valence-electron chi connectivity index (χ2n) is 5.89. The molecule has 0 aliphatic rings. The van der Waals surface area contributed by atoms with Crippen molar-refractivity contribution in [2.75, 3.05) is 24.4 Å². The Labute approximate surface area is 158 Å². The van der Waals surface area contributed by atoms with E-state index in [0.717, 1.165) is 11.3 Å². The maximum atomic E-state index is 12.6. The van der Waals surface area contributed by atoms with Crippen molar-refractivity contribution in [1.29, 1.82) is 0 Å². The summed E-state index contributed by atoms with van der Waals surface area (Å²) < 4.78 is 5.10. The van der Waals surface area contributed by atoms with E-state index in [9.17, 15) is 9.59 Å². The average Bonchev–Trinajstić information content (AvgIpc) is 2.66. The van der Waals surface area contributed by atoms with E-state index in [-0.39, 0.29) is 11.8 Å². The molecule has 138 valence electrons. The molecule has 2 rings (SSSR count). The van der Waals surface area contributed by atoms with E-state index in [1.807, 2.05) is 37.4 Å². The SMILES string of the molecule is COc1ccc(C(=O)NC(CCSC)C(=O)Nc2ccc(C)cc2)cc1. The van der Waals surface area contributed by atoms with Crippen molar-refractivity contribution in [2.24, 2.45) is 0 Å². The highest BCUT2D eigenvalue weighted by Gasteiger charge is 2.21. The zero-order chi connectivity index (χ0) is 18.9. The van der Waals surface area contributed by atoms with Gasteiger partial charge in [-0.1, -0.05) is 17.7 Å². The predicted molar refractivity (Wildman–Crippen MR) is 107 cm³/mol. The van der Waals surface area contributed by atoms with Crippen LogP contribution in [-0.2, 0) is 4.79 Å². The fourth-order valence-corrected chi connectivity index (χ4v) is 2.83. The second-order valence-corrected chi connectivity index (χ2v) is 6.88. The first-order valence-electron chi connectivity index (χ1n) is 8.35. The molecule has 0 aliphatic carbocycles. The molecule has 2 amide bonds. The van der Waals surface area contributed by atoms with Crippen molar-refractivity contribution in [3.63, 3.8) is 0 Å². The first-order valence-corrected chi connectivity index (χ1v) is 9.74. The summed E-state index contributed by atoms with van der Waals surface area (Å²) in [5.41, 5.74) is 2.33. The fourth-order valence-electron chi connectivity index (χ4n) is 2.35. The summed E-state index contributed by atoms with van der Waals surface area (Å²) in [6, 6.07) is 13.8. The van der Waals surface area contributed by atoms with Gasteiger partial charge >= 0.3 is 0 Å². The number of rotatable bonds is 8. The lowest BCUT2D eigenvalue weighted by atomic mass is 10.1. The third-order valence-corrected chi connectivity index (χ3v) is 4.55. The Morgan fingerprint density at radius 1 is 1.08 bits per heavy atom. The fraction of sp³-hybridized carbons (Fsp3) is 0.300. The summed E-state index contributed by atoms with van der Waals surface area (Å²) >= 11 is 1.64. The van der Waals surface area contributed by atoms with Crippen LogP contribution in [0.3, 0.4) is 0 Å². The molecule has 0 saturated carbocycles. The average molecular weight is 372 g/mol. The molecule has 5 nitrogen and oxygen atoms in total. The third kappa shape index (κ3) is 5.81. The Kier molecular flexibility index (Phi) is 7.53. The summed E-state index contributed by atoms with van der Waals surface area (Å²) in [6.45, 7) is 1.99. The topological polar surface area (TPSA) is 67.4 Å². The van der Waals surface area contributed by atoms with Gasteiger partial charge in [0.25, 0.3) is 5.91 Å². The van der Waals surface area contributed by atoms with Crippen molar-refractivity contribution in [3.05, 3.63) is 59.7 Å². The maximum Gasteiger partial charge on any atom is 0.251 e. The van der Waals surface area contributed by atoms with Crippen molar-refractivity contribution >= 4 is 29.3 Å². The summed E-state index contributed by atoms with van der Waals surface area (Å²) in [5, 5.41) is 5.70. The molecule has 0 fully saturated rings.